The molecule has 0 saturated carbocycles. The first-order valence-corrected chi connectivity index (χ1v) is 17.6. The Morgan fingerprint density at radius 1 is 0.653 bits per heavy atom. The molecular formula is C33H36N4O8S4. The number of carbonyl (C=O) groups is 4. The summed E-state index contributed by atoms with van der Waals surface area (Å²) in [6.45, 7) is 0.503. The Hall–Kier alpha value is -4.12. The van der Waals surface area contributed by atoms with Crippen LogP contribution >= 0.6 is 48.0 Å². The second-order valence-electron chi connectivity index (χ2n) is 10.6. The lowest BCUT2D eigenvalue weighted by molar-refractivity contribution is -0.129. The van der Waals surface area contributed by atoms with E-state index in [1.54, 1.807) is 68.7 Å². The SMILES string of the molecule is COc1ccc(/C=C2\SC(=S)N(CCCCCC(=O)NNC(=O)CCN3C(=O)/C(=C\c4ccc(OC)c(OC)c4)SC3=S)C2=O)cc1OC. The second-order valence-corrected chi connectivity index (χ2v) is 13.9. The van der Waals surface area contributed by atoms with Gasteiger partial charge in [-0.2, -0.15) is 0 Å². The van der Waals surface area contributed by atoms with Gasteiger partial charge in [0.25, 0.3) is 11.8 Å². The van der Waals surface area contributed by atoms with Crippen LogP contribution in [0.1, 0.15) is 43.2 Å². The van der Waals surface area contributed by atoms with Crippen LogP contribution in [0.3, 0.4) is 0 Å². The molecular weight excluding hydrogens is 709 g/mol. The van der Waals surface area contributed by atoms with Crippen LogP contribution in [0.4, 0.5) is 0 Å². The number of ether oxygens (including phenoxy) is 4. The summed E-state index contributed by atoms with van der Waals surface area (Å²) < 4.78 is 22.0. The molecule has 260 valence electrons. The topological polar surface area (TPSA) is 136 Å². The van der Waals surface area contributed by atoms with Crippen molar-refractivity contribution >= 4 is 92.4 Å². The number of benzene rings is 2. The zero-order valence-electron chi connectivity index (χ0n) is 27.4. The van der Waals surface area contributed by atoms with Crippen LogP contribution in [0.25, 0.3) is 12.2 Å². The van der Waals surface area contributed by atoms with E-state index in [-0.39, 0.29) is 37.1 Å². The summed E-state index contributed by atoms with van der Waals surface area (Å²) in [6, 6.07) is 10.7. The van der Waals surface area contributed by atoms with E-state index in [9.17, 15) is 19.2 Å². The number of nitrogens with one attached hydrogen (secondary N) is 2. The number of nitrogens with zero attached hydrogens (tertiary/aromatic N) is 2. The number of unbranched alkanes of at least 4 members (excludes halogenated alkanes) is 2. The van der Waals surface area contributed by atoms with Crippen LogP contribution in [0.2, 0.25) is 0 Å². The zero-order chi connectivity index (χ0) is 35.5. The summed E-state index contributed by atoms with van der Waals surface area (Å²) in [5.74, 6) is 0.991. The van der Waals surface area contributed by atoms with Gasteiger partial charge in [-0.25, -0.2) is 0 Å². The highest BCUT2D eigenvalue weighted by molar-refractivity contribution is 8.27. The Morgan fingerprint density at radius 3 is 1.57 bits per heavy atom. The molecule has 2 N–H and O–H groups in total. The predicted molar refractivity (Wildman–Crippen MR) is 198 cm³/mol. The van der Waals surface area contributed by atoms with E-state index in [4.69, 9.17) is 43.4 Å². The maximum atomic E-state index is 13.0. The van der Waals surface area contributed by atoms with Gasteiger partial charge in [0.1, 0.15) is 8.64 Å². The first kappa shape index (κ1) is 37.7. The van der Waals surface area contributed by atoms with Gasteiger partial charge in [0.05, 0.1) is 38.2 Å². The van der Waals surface area contributed by atoms with Crippen molar-refractivity contribution in [3.8, 4) is 23.0 Å². The maximum Gasteiger partial charge on any atom is 0.266 e. The fraction of sp³-hybridized carbons (Fsp3) is 0.333. The molecule has 2 aliphatic heterocycles. The summed E-state index contributed by atoms with van der Waals surface area (Å²) in [5, 5.41) is 0. The highest BCUT2D eigenvalue weighted by Crippen LogP contribution is 2.36. The number of hydrogen-bond donors (Lipinski definition) is 2. The van der Waals surface area contributed by atoms with Gasteiger partial charge in [-0.1, -0.05) is 66.5 Å². The van der Waals surface area contributed by atoms with E-state index >= 15 is 0 Å². The van der Waals surface area contributed by atoms with Crippen molar-refractivity contribution in [3.63, 3.8) is 0 Å². The summed E-state index contributed by atoms with van der Waals surface area (Å²) in [5.41, 5.74) is 6.32. The van der Waals surface area contributed by atoms with Crippen molar-refractivity contribution in [3.05, 3.63) is 57.3 Å². The van der Waals surface area contributed by atoms with Crippen LogP contribution in [-0.4, -0.2) is 83.6 Å². The average molecular weight is 745 g/mol. The molecule has 2 saturated heterocycles. The molecule has 2 fully saturated rings. The third kappa shape index (κ3) is 9.97. The lowest BCUT2D eigenvalue weighted by Gasteiger charge is -2.15. The summed E-state index contributed by atoms with van der Waals surface area (Å²) in [6.07, 6.45) is 5.49. The van der Waals surface area contributed by atoms with Gasteiger partial charge in [0.15, 0.2) is 23.0 Å². The van der Waals surface area contributed by atoms with Gasteiger partial charge in [-0.15, -0.1) is 0 Å². The molecule has 2 aromatic rings. The van der Waals surface area contributed by atoms with Crippen molar-refractivity contribution in [2.75, 3.05) is 41.5 Å². The zero-order valence-corrected chi connectivity index (χ0v) is 30.6. The molecule has 0 aliphatic carbocycles. The molecule has 12 nitrogen and oxygen atoms in total. The van der Waals surface area contributed by atoms with Gasteiger partial charge < -0.3 is 18.9 Å². The van der Waals surface area contributed by atoms with E-state index in [0.29, 0.717) is 67.3 Å². The molecule has 2 heterocycles. The van der Waals surface area contributed by atoms with Crippen molar-refractivity contribution < 1.29 is 38.1 Å². The molecule has 4 amide bonds. The van der Waals surface area contributed by atoms with Crippen LogP contribution in [0.5, 0.6) is 23.0 Å². The smallest absolute Gasteiger partial charge is 0.266 e. The van der Waals surface area contributed by atoms with Crippen LogP contribution in [0.15, 0.2) is 46.2 Å². The molecule has 0 spiro atoms. The standard InChI is InChI=1S/C33H36N4O8S4/c1-42-22-11-9-20(16-24(22)44-3)18-26-30(40)36(32(46)48-26)14-7-5-6-8-28(38)34-35-29(39)13-15-37-31(41)27(49-33(37)47)19-21-10-12-23(43-2)25(17-21)45-4/h9-12,16-19H,5-8,13-15H2,1-4H3,(H,34,38)(H,35,39)/b26-18-,27-19+. The summed E-state index contributed by atoms with van der Waals surface area (Å²) in [7, 11) is 6.18. The van der Waals surface area contributed by atoms with Crippen molar-refractivity contribution in [2.24, 2.45) is 0 Å². The Balaban J connectivity index is 1.14. The molecule has 2 aliphatic rings. The average Bonchev–Trinajstić information content (AvgIpc) is 3.52. The minimum absolute atomic E-state index is 0.0550. The third-order valence-corrected chi connectivity index (χ3v) is 10.1. The minimum atomic E-state index is -0.457. The van der Waals surface area contributed by atoms with Gasteiger partial charge >= 0.3 is 0 Å². The molecule has 49 heavy (non-hydrogen) atoms. The fourth-order valence-corrected chi connectivity index (χ4v) is 7.40. The Morgan fingerprint density at radius 2 is 1.10 bits per heavy atom. The molecule has 0 atom stereocenters. The van der Waals surface area contributed by atoms with Gasteiger partial charge in [0.2, 0.25) is 11.8 Å². The number of rotatable bonds is 15. The number of methoxy groups -OCH3 is 4. The monoisotopic (exact) mass is 744 g/mol. The van der Waals surface area contributed by atoms with Crippen LogP contribution in [-0.2, 0) is 19.2 Å². The molecule has 0 radical (unpaired) electrons. The number of hydrazine groups is 1. The normalized spacial score (nSPS) is 16.1. The van der Waals surface area contributed by atoms with E-state index in [2.05, 4.69) is 10.9 Å². The largest absolute Gasteiger partial charge is 0.493 e. The van der Waals surface area contributed by atoms with E-state index in [1.807, 2.05) is 6.07 Å². The van der Waals surface area contributed by atoms with Crippen LogP contribution in [0, 0.1) is 0 Å². The molecule has 0 bridgehead atoms. The molecule has 16 heteroatoms. The van der Waals surface area contributed by atoms with Crippen LogP contribution < -0.4 is 29.8 Å². The van der Waals surface area contributed by atoms with E-state index < -0.39 is 5.91 Å². The first-order valence-electron chi connectivity index (χ1n) is 15.1. The molecule has 0 aromatic heterocycles. The quantitative estimate of drug-likeness (QED) is 0.111. The number of thioether (sulfide) groups is 2. The maximum absolute atomic E-state index is 13.0. The molecule has 0 unspecified atom stereocenters. The van der Waals surface area contributed by atoms with Crippen molar-refractivity contribution in [2.45, 2.75) is 32.1 Å². The second kappa shape index (κ2) is 18.0. The Labute approximate surface area is 303 Å². The van der Waals surface area contributed by atoms with Gasteiger partial charge in [-0.3, -0.25) is 39.8 Å². The lowest BCUT2D eigenvalue weighted by Crippen LogP contribution is -2.43. The number of amides is 4. The van der Waals surface area contributed by atoms with E-state index in [1.165, 1.54) is 23.8 Å². The van der Waals surface area contributed by atoms with E-state index in [0.717, 1.165) is 22.9 Å². The predicted octanol–water partition coefficient (Wildman–Crippen LogP) is 4.92. The first-order chi connectivity index (χ1) is 23.6. The Kier molecular flexibility index (Phi) is 13.9. The minimum Gasteiger partial charge on any atom is -0.493 e. The summed E-state index contributed by atoms with van der Waals surface area (Å²) in [4.78, 5) is 54.5. The Bertz CT molecular complexity index is 1700. The third-order valence-electron chi connectivity index (χ3n) is 7.35. The lowest BCUT2D eigenvalue weighted by atomic mass is 10.1. The summed E-state index contributed by atoms with van der Waals surface area (Å²) >= 11 is 13.2. The number of hydrogen-bond acceptors (Lipinski definition) is 12. The van der Waals surface area contributed by atoms with Crippen molar-refractivity contribution in [1.82, 2.24) is 20.7 Å². The number of thiocarbonyl (C=S) groups is 2. The van der Waals surface area contributed by atoms with Gasteiger partial charge in [0, 0.05) is 25.9 Å². The highest BCUT2D eigenvalue weighted by Gasteiger charge is 2.33. The molecule has 2 aromatic carbocycles. The van der Waals surface area contributed by atoms with Crippen molar-refractivity contribution in [1.29, 1.82) is 0 Å². The molecule has 4 rings (SSSR count). The number of carbonyl (C=O) groups excluding carboxylic acids is 4. The van der Waals surface area contributed by atoms with Gasteiger partial charge in [-0.05, 0) is 60.4 Å². The highest BCUT2D eigenvalue weighted by atomic mass is 32.2. The fourth-order valence-electron chi connectivity index (χ4n) is 4.78.